The second-order valence-corrected chi connectivity index (χ2v) is 6.03. The predicted molar refractivity (Wildman–Crippen MR) is 79.1 cm³/mol. The van der Waals surface area contributed by atoms with Crippen LogP contribution in [-0.2, 0) is 0 Å². The van der Waals surface area contributed by atoms with E-state index in [9.17, 15) is 0 Å². The zero-order valence-electron chi connectivity index (χ0n) is 11.9. The van der Waals surface area contributed by atoms with Crippen molar-refractivity contribution in [2.75, 3.05) is 18.0 Å². The van der Waals surface area contributed by atoms with Crippen LogP contribution in [0.3, 0.4) is 0 Å². The van der Waals surface area contributed by atoms with Gasteiger partial charge in [0.2, 0.25) is 5.95 Å². The summed E-state index contributed by atoms with van der Waals surface area (Å²) in [6.07, 6.45) is 5.12. The quantitative estimate of drug-likeness (QED) is 0.920. The van der Waals surface area contributed by atoms with Gasteiger partial charge < -0.3 is 10.2 Å². The van der Waals surface area contributed by atoms with Crippen molar-refractivity contribution in [3.8, 4) is 0 Å². The van der Waals surface area contributed by atoms with Gasteiger partial charge in [0.25, 0.3) is 0 Å². The van der Waals surface area contributed by atoms with Crippen molar-refractivity contribution in [3.63, 3.8) is 0 Å². The summed E-state index contributed by atoms with van der Waals surface area (Å²) >= 11 is 0. The van der Waals surface area contributed by atoms with Crippen molar-refractivity contribution in [3.05, 3.63) is 23.9 Å². The molecule has 0 amide bonds. The Labute approximate surface area is 119 Å². The predicted octanol–water partition coefficient (Wildman–Crippen LogP) is 1.76. The van der Waals surface area contributed by atoms with E-state index in [0.717, 1.165) is 30.4 Å². The second kappa shape index (κ2) is 4.74. The van der Waals surface area contributed by atoms with Crippen molar-refractivity contribution in [2.24, 2.45) is 0 Å². The lowest BCUT2D eigenvalue weighted by Crippen LogP contribution is -2.39. The van der Waals surface area contributed by atoms with Gasteiger partial charge in [-0.25, -0.2) is 4.52 Å². The third-order valence-corrected chi connectivity index (χ3v) is 4.36. The molecular weight excluding hydrogens is 250 g/mol. The summed E-state index contributed by atoms with van der Waals surface area (Å²) < 4.78 is 1.95. The lowest BCUT2D eigenvalue weighted by molar-refractivity contribution is 0.571. The Kier molecular flexibility index (Phi) is 2.88. The Balaban J connectivity index is 1.65. The van der Waals surface area contributed by atoms with Gasteiger partial charge in [0.05, 0.1) is 0 Å². The summed E-state index contributed by atoms with van der Waals surface area (Å²) in [4.78, 5) is 7.14. The van der Waals surface area contributed by atoms with E-state index in [1.54, 1.807) is 0 Å². The molecule has 106 valence electrons. The zero-order valence-corrected chi connectivity index (χ0v) is 11.9. The highest BCUT2D eigenvalue weighted by Crippen LogP contribution is 2.31. The van der Waals surface area contributed by atoms with Gasteiger partial charge in [-0.3, -0.25) is 0 Å². The number of pyridine rings is 1. The summed E-state index contributed by atoms with van der Waals surface area (Å²) in [7, 11) is 0. The van der Waals surface area contributed by atoms with Crippen LogP contribution in [0.15, 0.2) is 18.2 Å². The molecule has 3 heterocycles. The monoisotopic (exact) mass is 271 g/mol. The van der Waals surface area contributed by atoms with E-state index in [4.69, 9.17) is 10.1 Å². The van der Waals surface area contributed by atoms with Crippen LogP contribution in [0.25, 0.3) is 5.65 Å². The number of fused-ring (bicyclic) bond motifs is 1. The third kappa shape index (κ3) is 2.16. The highest BCUT2D eigenvalue weighted by molar-refractivity contribution is 5.47. The molecule has 1 unspecified atom stereocenters. The molecule has 1 saturated carbocycles. The average molecular weight is 271 g/mol. The van der Waals surface area contributed by atoms with Gasteiger partial charge in [0.15, 0.2) is 5.65 Å². The van der Waals surface area contributed by atoms with Crippen LogP contribution >= 0.6 is 0 Å². The Morgan fingerprint density at radius 2 is 2.25 bits per heavy atom. The van der Waals surface area contributed by atoms with E-state index >= 15 is 0 Å². The van der Waals surface area contributed by atoms with Gasteiger partial charge in [0.1, 0.15) is 0 Å². The van der Waals surface area contributed by atoms with Crippen LogP contribution in [0.2, 0.25) is 0 Å². The van der Waals surface area contributed by atoms with Gasteiger partial charge in [0, 0.05) is 24.3 Å². The molecule has 1 N–H and O–H groups in total. The Morgan fingerprint density at radius 1 is 1.35 bits per heavy atom. The first-order chi connectivity index (χ1) is 9.81. The van der Waals surface area contributed by atoms with E-state index in [2.05, 4.69) is 23.2 Å². The summed E-state index contributed by atoms with van der Waals surface area (Å²) in [5, 5.41) is 8.30. The first kappa shape index (κ1) is 12.1. The summed E-state index contributed by atoms with van der Waals surface area (Å²) in [6, 6.07) is 7.40. The van der Waals surface area contributed by atoms with Crippen LogP contribution in [0, 0.1) is 6.92 Å². The highest BCUT2D eigenvalue weighted by Gasteiger charge is 2.33. The molecule has 1 saturated heterocycles. The van der Waals surface area contributed by atoms with E-state index in [1.807, 2.05) is 16.6 Å². The van der Waals surface area contributed by atoms with Crippen LogP contribution in [0.1, 0.15) is 31.4 Å². The number of rotatable bonds is 4. The fourth-order valence-electron chi connectivity index (χ4n) is 3.08. The molecule has 2 aromatic heterocycles. The number of nitrogens with one attached hydrogen (secondary N) is 1. The lowest BCUT2D eigenvalue weighted by atomic mass is 10.2. The van der Waals surface area contributed by atoms with Gasteiger partial charge in [-0.05, 0) is 51.3 Å². The maximum absolute atomic E-state index is 4.73. The van der Waals surface area contributed by atoms with Crippen molar-refractivity contribution in [1.29, 1.82) is 0 Å². The minimum absolute atomic E-state index is 0.600. The van der Waals surface area contributed by atoms with Gasteiger partial charge in [-0.15, -0.1) is 5.10 Å². The van der Waals surface area contributed by atoms with Crippen LogP contribution < -0.4 is 10.2 Å². The summed E-state index contributed by atoms with van der Waals surface area (Å²) in [6.45, 7) is 4.27. The van der Waals surface area contributed by atoms with Crippen LogP contribution in [0.4, 0.5) is 5.95 Å². The van der Waals surface area contributed by atoms with E-state index in [-0.39, 0.29) is 0 Å². The minimum atomic E-state index is 0.600. The number of nitrogens with zero attached hydrogens (tertiary/aromatic N) is 4. The van der Waals surface area contributed by atoms with Gasteiger partial charge in [-0.2, -0.15) is 4.98 Å². The SMILES string of the molecule is Cc1cccc2nc(N(CC3CCCN3)C3CC3)nn12. The summed E-state index contributed by atoms with van der Waals surface area (Å²) in [5.74, 6) is 0.899. The van der Waals surface area contributed by atoms with E-state index in [1.165, 1.54) is 25.7 Å². The second-order valence-electron chi connectivity index (χ2n) is 6.03. The van der Waals surface area contributed by atoms with E-state index < -0.39 is 0 Å². The largest absolute Gasteiger partial charge is 0.335 e. The van der Waals surface area contributed by atoms with Crippen molar-refractivity contribution in [1.82, 2.24) is 19.9 Å². The molecule has 4 rings (SSSR count). The van der Waals surface area contributed by atoms with Crippen LogP contribution in [0.5, 0.6) is 0 Å². The number of aryl methyl sites for hydroxylation is 1. The molecular formula is C15H21N5. The molecule has 5 heteroatoms. The van der Waals surface area contributed by atoms with Crippen molar-refractivity contribution < 1.29 is 0 Å². The Hall–Kier alpha value is -1.62. The van der Waals surface area contributed by atoms with E-state index in [0.29, 0.717) is 12.1 Å². The normalized spacial score (nSPS) is 22.6. The number of hydrogen-bond donors (Lipinski definition) is 1. The standard InChI is InChI=1S/C15H21N5/c1-11-4-2-6-14-17-15(18-20(11)14)19(13-7-8-13)10-12-5-3-9-16-12/h2,4,6,12-13,16H,3,5,7-10H2,1H3. The van der Waals surface area contributed by atoms with Crippen molar-refractivity contribution in [2.45, 2.75) is 44.7 Å². The molecule has 1 aliphatic carbocycles. The molecule has 1 atom stereocenters. The zero-order chi connectivity index (χ0) is 13.5. The third-order valence-electron chi connectivity index (χ3n) is 4.36. The highest BCUT2D eigenvalue weighted by atomic mass is 15.4. The minimum Gasteiger partial charge on any atom is -0.335 e. The van der Waals surface area contributed by atoms with Crippen LogP contribution in [-0.4, -0.2) is 39.8 Å². The fourth-order valence-corrected chi connectivity index (χ4v) is 3.08. The molecule has 5 nitrogen and oxygen atoms in total. The number of aromatic nitrogens is 3. The number of anilines is 1. The smallest absolute Gasteiger partial charge is 0.245 e. The van der Waals surface area contributed by atoms with Gasteiger partial charge in [-0.1, -0.05) is 6.07 Å². The molecule has 20 heavy (non-hydrogen) atoms. The molecule has 1 aliphatic heterocycles. The molecule has 2 aliphatic rings. The lowest BCUT2D eigenvalue weighted by Gasteiger charge is -2.24. The summed E-state index contributed by atoms with van der Waals surface area (Å²) in [5.41, 5.74) is 2.08. The topological polar surface area (TPSA) is 45.5 Å². The maximum atomic E-state index is 4.73. The first-order valence-electron chi connectivity index (χ1n) is 7.64. The fraction of sp³-hybridized carbons (Fsp3) is 0.600. The first-order valence-corrected chi connectivity index (χ1v) is 7.64. The molecule has 0 radical (unpaired) electrons. The Bertz CT molecular complexity index is 610. The van der Waals surface area contributed by atoms with Crippen molar-refractivity contribution >= 4 is 11.6 Å². The maximum Gasteiger partial charge on any atom is 0.245 e. The molecule has 0 bridgehead atoms. The molecule has 0 aromatic carbocycles. The molecule has 2 fully saturated rings. The number of hydrogen-bond acceptors (Lipinski definition) is 4. The molecule has 2 aromatic rings. The average Bonchev–Trinajstić information content (AvgIpc) is 2.99. The van der Waals surface area contributed by atoms with Gasteiger partial charge >= 0.3 is 0 Å². The molecule has 0 spiro atoms. The Morgan fingerprint density at radius 3 is 2.95 bits per heavy atom.